The summed E-state index contributed by atoms with van der Waals surface area (Å²) in [6, 6.07) is 10.8. The zero-order valence-electron chi connectivity index (χ0n) is 20.0. The van der Waals surface area contributed by atoms with Crippen molar-refractivity contribution < 1.29 is 22.8 Å². The molecule has 0 radical (unpaired) electrons. The SMILES string of the molecule is CCOn1c(N[C@@H](C)c2ccc(C(F)(F)F)cc2)nc2c(c1=O)CN(C(=O)c1ccc(Cl)cc1)CC2.Cl. The highest BCUT2D eigenvalue weighted by molar-refractivity contribution is 6.30. The molecule has 2 heterocycles. The van der Waals surface area contributed by atoms with E-state index in [-0.39, 0.29) is 37.4 Å². The lowest BCUT2D eigenvalue weighted by molar-refractivity contribution is -0.137. The number of hydrogen-bond donors (Lipinski definition) is 1. The van der Waals surface area contributed by atoms with Gasteiger partial charge in [0.1, 0.15) is 6.61 Å². The maximum atomic E-state index is 13.3. The molecule has 0 saturated heterocycles. The van der Waals surface area contributed by atoms with Crippen LogP contribution in [0.5, 0.6) is 0 Å². The Bertz CT molecular complexity index is 1310. The lowest BCUT2D eigenvalue weighted by Gasteiger charge is -2.29. The van der Waals surface area contributed by atoms with Crippen molar-refractivity contribution in [1.29, 1.82) is 0 Å². The number of benzene rings is 2. The molecule has 0 bridgehead atoms. The van der Waals surface area contributed by atoms with Crippen molar-refractivity contribution in [3.8, 4) is 0 Å². The molecule has 0 spiro atoms. The molecule has 0 saturated carbocycles. The first-order chi connectivity index (χ1) is 17.1. The summed E-state index contributed by atoms with van der Waals surface area (Å²) < 4.78 is 39.7. The Morgan fingerprint density at radius 2 is 1.81 bits per heavy atom. The normalized spacial score (nSPS) is 13.8. The van der Waals surface area contributed by atoms with Crippen LogP contribution in [0.1, 0.15) is 52.6 Å². The lowest BCUT2D eigenvalue weighted by atomic mass is 10.1. The number of halogens is 5. The maximum Gasteiger partial charge on any atom is 0.416 e. The summed E-state index contributed by atoms with van der Waals surface area (Å²) in [4.78, 5) is 38.0. The molecular formula is C25H25Cl2F3N4O3. The highest BCUT2D eigenvalue weighted by Gasteiger charge is 2.31. The van der Waals surface area contributed by atoms with Crippen molar-refractivity contribution in [3.05, 3.63) is 91.9 Å². The van der Waals surface area contributed by atoms with Crippen molar-refractivity contribution >= 4 is 35.9 Å². The molecule has 7 nitrogen and oxygen atoms in total. The standard InChI is InChI=1S/C25H24ClF3N4O3.ClH/c1-3-36-33-23(35)20-14-32(22(34)17-6-10-19(26)11-7-17)13-12-21(20)31-24(33)30-15(2)16-4-8-18(9-5-16)25(27,28)29;/h4-11,15H,3,12-14H2,1-2H3,(H,30,31);1H/t15-;/m0./s1. The average Bonchev–Trinajstić information content (AvgIpc) is 2.86. The molecule has 4 rings (SSSR count). The van der Waals surface area contributed by atoms with Crippen molar-refractivity contribution in [1.82, 2.24) is 14.6 Å². The highest BCUT2D eigenvalue weighted by Crippen LogP contribution is 2.30. The Labute approximate surface area is 222 Å². The summed E-state index contributed by atoms with van der Waals surface area (Å²) >= 11 is 5.91. The number of rotatable bonds is 6. The van der Waals surface area contributed by atoms with Crippen molar-refractivity contribution in [2.45, 2.75) is 39.0 Å². The van der Waals surface area contributed by atoms with Crippen LogP contribution in [-0.2, 0) is 19.1 Å². The van der Waals surface area contributed by atoms with Gasteiger partial charge in [-0.25, -0.2) is 4.98 Å². The van der Waals surface area contributed by atoms with E-state index in [0.29, 0.717) is 40.4 Å². The van der Waals surface area contributed by atoms with E-state index in [2.05, 4.69) is 10.3 Å². The van der Waals surface area contributed by atoms with Crippen LogP contribution in [0.3, 0.4) is 0 Å². The molecule has 0 fully saturated rings. The molecular weight excluding hydrogens is 532 g/mol. The van der Waals surface area contributed by atoms with Crippen LogP contribution in [0.15, 0.2) is 53.3 Å². The molecule has 1 amide bonds. The molecule has 1 aliphatic rings. The van der Waals surface area contributed by atoms with Crippen molar-refractivity contribution in [3.63, 3.8) is 0 Å². The van der Waals surface area contributed by atoms with Crippen LogP contribution < -0.4 is 15.7 Å². The van der Waals surface area contributed by atoms with Gasteiger partial charge in [0.05, 0.1) is 29.4 Å². The summed E-state index contributed by atoms with van der Waals surface area (Å²) in [5.41, 5.74) is 0.747. The minimum Gasteiger partial charge on any atom is -0.408 e. The van der Waals surface area contributed by atoms with Gasteiger partial charge in [-0.15, -0.1) is 17.1 Å². The Balaban J connectivity index is 0.00000380. The van der Waals surface area contributed by atoms with E-state index in [9.17, 15) is 22.8 Å². The number of fused-ring (bicyclic) bond motifs is 1. The predicted octanol–water partition coefficient (Wildman–Crippen LogP) is 5.16. The van der Waals surface area contributed by atoms with Gasteiger partial charge in [0, 0.05) is 23.6 Å². The lowest BCUT2D eigenvalue weighted by Crippen LogP contribution is -2.43. The first-order valence-electron chi connectivity index (χ1n) is 11.3. The summed E-state index contributed by atoms with van der Waals surface area (Å²) in [6.45, 7) is 4.08. The molecule has 1 atom stereocenters. The van der Waals surface area contributed by atoms with Gasteiger partial charge in [-0.05, 0) is 55.8 Å². The van der Waals surface area contributed by atoms with Gasteiger partial charge in [-0.1, -0.05) is 23.7 Å². The number of hydrogen-bond acceptors (Lipinski definition) is 5. The molecule has 37 heavy (non-hydrogen) atoms. The first-order valence-corrected chi connectivity index (χ1v) is 11.7. The molecule has 0 unspecified atom stereocenters. The van der Waals surface area contributed by atoms with E-state index >= 15 is 0 Å². The summed E-state index contributed by atoms with van der Waals surface area (Å²) in [6.07, 6.45) is -4.06. The molecule has 0 aliphatic carbocycles. The molecule has 1 aromatic heterocycles. The second-order valence-electron chi connectivity index (χ2n) is 8.35. The molecule has 1 N–H and O–H groups in total. The minimum absolute atomic E-state index is 0. The third-order valence-electron chi connectivity index (χ3n) is 5.91. The number of nitrogens with one attached hydrogen (secondary N) is 1. The van der Waals surface area contributed by atoms with Crippen LogP contribution in [-0.4, -0.2) is 33.7 Å². The molecule has 3 aromatic rings. The van der Waals surface area contributed by atoms with E-state index < -0.39 is 23.3 Å². The van der Waals surface area contributed by atoms with Gasteiger partial charge in [0.15, 0.2) is 0 Å². The summed E-state index contributed by atoms with van der Waals surface area (Å²) in [5.74, 6) is -0.0803. The largest absolute Gasteiger partial charge is 0.416 e. The number of anilines is 1. The monoisotopic (exact) mass is 556 g/mol. The smallest absolute Gasteiger partial charge is 0.408 e. The third-order valence-corrected chi connectivity index (χ3v) is 6.16. The number of alkyl halides is 3. The van der Waals surface area contributed by atoms with Gasteiger partial charge in [0.2, 0.25) is 5.95 Å². The average molecular weight is 557 g/mol. The van der Waals surface area contributed by atoms with Crippen LogP contribution in [0.4, 0.5) is 19.1 Å². The van der Waals surface area contributed by atoms with Crippen molar-refractivity contribution in [2.24, 2.45) is 0 Å². The second kappa shape index (κ2) is 11.4. The van der Waals surface area contributed by atoms with Crippen LogP contribution in [0, 0.1) is 0 Å². The number of amides is 1. The summed E-state index contributed by atoms with van der Waals surface area (Å²) in [7, 11) is 0. The minimum atomic E-state index is -4.42. The third kappa shape index (κ3) is 6.19. The number of carbonyl (C=O) groups is 1. The summed E-state index contributed by atoms with van der Waals surface area (Å²) in [5, 5.41) is 3.60. The van der Waals surface area contributed by atoms with Gasteiger partial charge < -0.3 is 15.1 Å². The zero-order valence-corrected chi connectivity index (χ0v) is 21.6. The molecule has 198 valence electrons. The van der Waals surface area contributed by atoms with Gasteiger partial charge in [-0.3, -0.25) is 9.59 Å². The van der Waals surface area contributed by atoms with Crippen LogP contribution in [0.25, 0.3) is 0 Å². The van der Waals surface area contributed by atoms with E-state index in [1.807, 2.05) is 0 Å². The Morgan fingerprint density at radius 3 is 2.41 bits per heavy atom. The quantitative estimate of drug-likeness (QED) is 0.454. The fourth-order valence-electron chi connectivity index (χ4n) is 3.99. The van der Waals surface area contributed by atoms with E-state index in [1.54, 1.807) is 43.0 Å². The van der Waals surface area contributed by atoms with Gasteiger partial charge in [0.25, 0.3) is 11.5 Å². The topological polar surface area (TPSA) is 76.5 Å². The fourth-order valence-corrected chi connectivity index (χ4v) is 4.11. The van der Waals surface area contributed by atoms with Gasteiger partial charge >= 0.3 is 6.18 Å². The van der Waals surface area contributed by atoms with Crippen LogP contribution in [0.2, 0.25) is 5.02 Å². The van der Waals surface area contributed by atoms with E-state index in [1.165, 1.54) is 12.1 Å². The van der Waals surface area contributed by atoms with Crippen molar-refractivity contribution in [2.75, 3.05) is 18.5 Å². The van der Waals surface area contributed by atoms with E-state index in [4.69, 9.17) is 16.4 Å². The van der Waals surface area contributed by atoms with Crippen LogP contribution >= 0.6 is 24.0 Å². The maximum absolute atomic E-state index is 13.3. The first kappa shape index (κ1) is 28.3. The Hall–Kier alpha value is -3.24. The molecule has 12 heteroatoms. The highest BCUT2D eigenvalue weighted by atomic mass is 35.5. The second-order valence-corrected chi connectivity index (χ2v) is 8.78. The molecule has 1 aliphatic heterocycles. The predicted molar refractivity (Wildman–Crippen MR) is 136 cm³/mol. The Kier molecular flexibility index (Phi) is 8.76. The molecule has 2 aromatic carbocycles. The zero-order chi connectivity index (χ0) is 26.0. The Morgan fingerprint density at radius 1 is 1.16 bits per heavy atom. The van der Waals surface area contributed by atoms with Gasteiger partial charge in [-0.2, -0.15) is 13.2 Å². The van der Waals surface area contributed by atoms with E-state index in [0.717, 1.165) is 16.9 Å². The fraction of sp³-hybridized carbons (Fsp3) is 0.320. The number of nitrogens with zero attached hydrogens (tertiary/aromatic N) is 3. The number of aromatic nitrogens is 2. The number of carbonyl (C=O) groups excluding carboxylic acids is 1.